The lowest BCUT2D eigenvalue weighted by Gasteiger charge is -2.39. The van der Waals surface area contributed by atoms with Crippen molar-refractivity contribution in [3.63, 3.8) is 0 Å². The summed E-state index contributed by atoms with van der Waals surface area (Å²) in [5.41, 5.74) is 16.9. The van der Waals surface area contributed by atoms with Gasteiger partial charge in [-0.15, -0.1) is 0 Å². The number of allylic oxidation sites excluding steroid dienone is 6. The number of nitrogens with one attached hydrogen (secondary N) is 2. The summed E-state index contributed by atoms with van der Waals surface area (Å²) in [4.78, 5) is 26.6. The van der Waals surface area contributed by atoms with Crippen molar-refractivity contribution in [3.05, 3.63) is 80.7 Å². The Balaban J connectivity index is 1.59. The fourth-order valence-electron chi connectivity index (χ4n) is 6.42. The van der Waals surface area contributed by atoms with Gasteiger partial charge in [-0.05, 0) is 34.8 Å². The van der Waals surface area contributed by atoms with Gasteiger partial charge in [0.05, 0.1) is 35.1 Å². The Morgan fingerprint density at radius 2 is 1.05 bits per heavy atom. The molecule has 1 aromatic carbocycles. The van der Waals surface area contributed by atoms with Gasteiger partial charge in [-0.25, -0.2) is 0 Å². The molecule has 6 N–H and O–H groups in total. The molecule has 4 aliphatic rings. The third-order valence-electron chi connectivity index (χ3n) is 7.99. The molecule has 2 heterocycles. The van der Waals surface area contributed by atoms with E-state index in [0.717, 1.165) is 22.5 Å². The van der Waals surface area contributed by atoms with Crippen molar-refractivity contribution < 1.29 is 9.59 Å². The van der Waals surface area contributed by atoms with Crippen LogP contribution in [0.4, 0.5) is 0 Å². The number of ketones is 2. The number of hydrogen-bond donors (Lipinski definition) is 4. The molecule has 2 unspecified atom stereocenters. The number of nitriles is 2. The summed E-state index contributed by atoms with van der Waals surface area (Å²) in [5.74, 6) is -0.628. The van der Waals surface area contributed by atoms with Crippen LogP contribution >= 0.6 is 0 Å². The molecule has 194 valence electrons. The molecule has 0 amide bonds. The van der Waals surface area contributed by atoms with Crippen molar-refractivity contribution in [2.45, 2.75) is 65.2 Å². The summed E-state index contributed by atoms with van der Waals surface area (Å²) in [6.07, 6.45) is 2.09. The zero-order valence-electron chi connectivity index (χ0n) is 22.2. The molecule has 2 aliphatic carbocycles. The molecule has 8 heteroatoms. The highest BCUT2D eigenvalue weighted by molar-refractivity contribution is 6.01. The van der Waals surface area contributed by atoms with Crippen LogP contribution in [0.1, 0.15) is 76.3 Å². The van der Waals surface area contributed by atoms with Gasteiger partial charge in [-0.1, -0.05) is 52.0 Å². The van der Waals surface area contributed by atoms with E-state index in [1.54, 1.807) is 0 Å². The van der Waals surface area contributed by atoms with Crippen molar-refractivity contribution in [3.8, 4) is 12.1 Å². The van der Waals surface area contributed by atoms with Gasteiger partial charge in [0.2, 0.25) is 0 Å². The Bertz CT molecular complexity index is 1380. The Labute approximate surface area is 222 Å². The van der Waals surface area contributed by atoms with Gasteiger partial charge >= 0.3 is 0 Å². The minimum absolute atomic E-state index is 0.00381. The van der Waals surface area contributed by atoms with E-state index >= 15 is 0 Å². The molecule has 0 saturated heterocycles. The van der Waals surface area contributed by atoms with Crippen LogP contribution in [0.3, 0.4) is 0 Å². The highest BCUT2D eigenvalue weighted by atomic mass is 16.1. The lowest BCUT2D eigenvalue weighted by molar-refractivity contribution is -0.119. The number of benzene rings is 1. The molecule has 0 fully saturated rings. The molecule has 0 bridgehead atoms. The van der Waals surface area contributed by atoms with Gasteiger partial charge in [0.25, 0.3) is 0 Å². The van der Waals surface area contributed by atoms with Crippen molar-refractivity contribution in [2.75, 3.05) is 0 Å². The third-order valence-corrected chi connectivity index (χ3v) is 7.99. The molecule has 0 aromatic heterocycles. The number of Topliss-reactive ketones (excluding diaryl/α,β-unsaturated/α-hetero) is 2. The first-order valence-corrected chi connectivity index (χ1v) is 12.8. The summed E-state index contributed by atoms with van der Waals surface area (Å²) in [6.45, 7) is 8.17. The molecule has 38 heavy (non-hydrogen) atoms. The van der Waals surface area contributed by atoms with E-state index in [2.05, 4.69) is 22.8 Å². The second-order valence-electron chi connectivity index (χ2n) is 12.3. The zero-order chi connectivity index (χ0) is 27.6. The van der Waals surface area contributed by atoms with Crippen LogP contribution in [-0.4, -0.2) is 11.6 Å². The van der Waals surface area contributed by atoms with E-state index < -0.39 is 11.8 Å². The number of nitrogens with two attached hydrogens (primary N) is 2. The molecule has 0 radical (unpaired) electrons. The smallest absolute Gasteiger partial charge is 0.162 e. The molecule has 2 aliphatic heterocycles. The predicted octanol–water partition coefficient (Wildman–Crippen LogP) is 3.73. The average Bonchev–Trinajstić information content (AvgIpc) is 2.81. The first-order chi connectivity index (χ1) is 17.9. The van der Waals surface area contributed by atoms with E-state index in [4.69, 9.17) is 11.5 Å². The second-order valence-corrected chi connectivity index (χ2v) is 12.3. The number of rotatable bonds is 2. The molecule has 5 rings (SSSR count). The first-order valence-electron chi connectivity index (χ1n) is 12.8. The number of hydrogen-bond acceptors (Lipinski definition) is 8. The Kier molecular flexibility index (Phi) is 5.76. The highest BCUT2D eigenvalue weighted by Gasteiger charge is 2.43. The largest absolute Gasteiger partial charge is 0.384 e. The number of nitrogens with zero attached hydrogens (tertiary/aromatic N) is 2. The maximum Gasteiger partial charge on any atom is 0.162 e. The summed E-state index contributed by atoms with van der Waals surface area (Å²) in [6, 6.07) is 11.8. The van der Waals surface area contributed by atoms with Crippen LogP contribution in [0, 0.1) is 33.5 Å². The monoisotopic (exact) mass is 508 g/mol. The first kappa shape index (κ1) is 25.4. The maximum absolute atomic E-state index is 13.3. The minimum Gasteiger partial charge on any atom is -0.384 e. The van der Waals surface area contributed by atoms with Crippen molar-refractivity contribution >= 4 is 11.6 Å². The standard InChI is InChI=1S/C30H32N6O2/c1-29(2)9-19-25(21(37)11-29)23(17(13-31)27(33)35-19)15-5-7-16(8-6-15)24-18(14-32)28(34)36-20-10-30(3,4)12-22(38)26(20)24/h5-8,23-24,35-36H,9-12,33-34H2,1-4H3. The number of carbonyl (C=O) groups is 2. The van der Waals surface area contributed by atoms with E-state index in [-0.39, 0.29) is 34.0 Å². The van der Waals surface area contributed by atoms with Gasteiger partial charge < -0.3 is 22.1 Å². The maximum atomic E-state index is 13.3. The van der Waals surface area contributed by atoms with Crippen LogP contribution in [-0.2, 0) is 9.59 Å². The number of carbonyl (C=O) groups excluding carboxylic acids is 2. The van der Waals surface area contributed by atoms with Crippen molar-refractivity contribution in [2.24, 2.45) is 22.3 Å². The van der Waals surface area contributed by atoms with Crippen LogP contribution in [0.15, 0.2) is 69.6 Å². The molecule has 2 atom stereocenters. The van der Waals surface area contributed by atoms with Gasteiger partial charge in [-0.2, -0.15) is 10.5 Å². The molecule has 8 nitrogen and oxygen atoms in total. The minimum atomic E-state index is -0.579. The van der Waals surface area contributed by atoms with Gasteiger partial charge in [0, 0.05) is 35.4 Å². The van der Waals surface area contributed by atoms with Gasteiger partial charge in [0.15, 0.2) is 11.6 Å². The molecular weight excluding hydrogens is 476 g/mol. The molecule has 0 saturated carbocycles. The van der Waals surface area contributed by atoms with Crippen LogP contribution < -0.4 is 22.1 Å². The van der Waals surface area contributed by atoms with Gasteiger partial charge in [0.1, 0.15) is 11.6 Å². The fraction of sp³-hybridized carbons (Fsp3) is 0.400. The van der Waals surface area contributed by atoms with Crippen LogP contribution in [0.5, 0.6) is 0 Å². The average molecular weight is 509 g/mol. The van der Waals surface area contributed by atoms with E-state index in [1.807, 2.05) is 52.0 Å². The summed E-state index contributed by atoms with van der Waals surface area (Å²) in [7, 11) is 0. The normalized spacial score (nSPS) is 26.2. The third kappa shape index (κ3) is 4.07. The van der Waals surface area contributed by atoms with E-state index in [1.165, 1.54) is 0 Å². The van der Waals surface area contributed by atoms with Crippen LogP contribution in [0.2, 0.25) is 0 Å². The summed E-state index contributed by atoms with van der Waals surface area (Å²) < 4.78 is 0. The Hall–Kier alpha value is -4.30. The quantitative estimate of drug-likeness (QED) is 0.470. The predicted molar refractivity (Wildman–Crippen MR) is 142 cm³/mol. The zero-order valence-corrected chi connectivity index (χ0v) is 22.2. The molecular formula is C30H32N6O2. The lowest BCUT2D eigenvalue weighted by Crippen LogP contribution is -2.39. The summed E-state index contributed by atoms with van der Waals surface area (Å²) in [5, 5.41) is 26.2. The molecule has 0 spiro atoms. The van der Waals surface area contributed by atoms with E-state index in [0.29, 0.717) is 48.0 Å². The lowest BCUT2D eigenvalue weighted by atomic mass is 9.68. The fourth-order valence-corrected chi connectivity index (χ4v) is 6.42. The SMILES string of the molecule is CC1(C)CC(=O)C2=C(C1)NC(N)=C(C#N)C2c1ccc(C2C(C#N)=C(N)NC3=C2C(=O)CC(C)(C)C3)cc1. The number of dihydropyridines is 2. The van der Waals surface area contributed by atoms with Crippen molar-refractivity contribution in [1.29, 1.82) is 10.5 Å². The Morgan fingerprint density at radius 1 is 0.711 bits per heavy atom. The van der Waals surface area contributed by atoms with E-state index in [9.17, 15) is 20.1 Å². The summed E-state index contributed by atoms with van der Waals surface area (Å²) >= 11 is 0. The Morgan fingerprint density at radius 3 is 1.37 bits per heavy atom. The topological polar surface area (TPSA) is 158 Å². The van der Waals surface area contributed by atoms with Crippen LogP contribution in [0.25, 0.3) is 0 Å². The molecule has 1 aromatic rings. The second kappa shape index (κ2) is 8.63. The highest BCUT2D eigenvalue weighted by Crippen LogP contribution is 2.48. The van der Waals surface area contributed by atoms with Gasteiger partial charge in [-0.3, -0.25) is 9.59 Å². The van der Waals surface area contributed by atoms with Crippen molar-refractivity contribution in [1.82, 2.24) is 10.6 Å².